The van der Waals surface area contributed by atoms with Gasteiger partial charge in [0.1, 0.15) is 16.8 Å². The molecule has 0 unspecified atom stereocenters. The van der Waals surface area contributed by atoms with Crippen LogP contribution in [0.15, 0.2) is 59.3 Å². The van der Waals surface area contributed by atoms with E-state index >= 15 is 0 Å². The molecule has 0 saturated carbocycles. The van der Waals surface area contributed by atoms with Crippen molar-refractivity contribution in [2.24, 2.45) is 0 Å². The summed E-state index contributed by atoms with van der Waals surface area (Å²) in [4.78, 5) is 27.4. The molecule has 4 heterocycles. The summed E-state index contributed by atoms with van der Waals surface area (Å²) in [6.07, 6.45) is 2.50. The van der Waals surface area contributed by atoms with Crippen molar-refractivity contribution in [3.8, 4) is 0 Å². The Labute approximate surface area is 180 Å². The highest BCUT2D eigenvalue weighted by Gasteiger charge is 2.36. The molecule has 1 aliphatic heterocycles. The lowest BCUT2D eigenvalue weighted by Gasteiger charge is -2.33. The molecule has 0 aliphatic carbocycles. The molecule has 3 aromatic heterocycles. The first-order chi connectivity index (χ1) is 15.2. The van der Waals surface area contributed by atoms with Crippen molar-refractivity contribution in [3.63, 3.8) is 0 Å². The number of imidazole rings is 1. The molecular formula is C23H17FN4O2S. The van der Waals surface area contributed by atoms with Crippen LogP contribution in [0.4, 0.5) is 4.39 Å². The number of hydrogen-bond donors (Lipinski definition) is 1. The van der Waals surface area contributed by atoms with Crippen LogP contribution in [0.5, 0.6) is 0 Å². The number of nitrogens with zero attached hydrogens (tertiary/aromatic N) is 3. The third-order valence-corrected chi connectivity index (χ3v) is 6.71. The molecule has 8 heteroatoms. The number of rotatable bonds is 3. The number of benzene rings is 2. The zero-order valence-electron chi connectivity index (χ0n) is 16.3. The van der Waals surface area contributed by atoms with Crippen LogP contribution in [0.3, 0.4) is 0 Å². The minimum Gasteiger partial charge on any atom is -0.455 e. The summed E-state index contributed by atoms with van der Waals surface area (Å²) in [6.45, 7) is 0.517. The average Bonchev–Trinajstić information content (AvgIpc) is 3.50. The van der Waals surface area contributed by atoms with Crippen LogP contribution < -0.4 is 0 Å². The number of fused-ring (bicyclic) bond motifs is 3. The molecule has 0 fully saturated rings. The first kappa shape index (κ1) is 18.3. The number of hydrogen-bond acceptors (Lipinski definition) is 5. The second-order valence-electron chi connectivity index (χ2n) is 7.57. The van der Waals surface area contributed by atoms with Crippen molar-refractivity contribution in [3.05, 3.63) is 82.8 Å². The maximum atomic E-state index is 14.2. The zero-order valence-corrected chi connectivity index (χ0v) is 17.2. The quantitative estimate of drug-likeness (QED) is 0.451. The van der Waals surface area contributed by atoms with Gasteiger partial charge in [-0.3, -0.25) is 4.79 Å². The van der Waals surface area contributed by atoms with Gasteiger partial charge in [0.15, 0.2) is 11.4 Å². The number of thiazole rings is 1. The highest BCUT2D eigenvalue weighted by molar-refractivity contribution is 7.18. The van der Waals surface area contributed by atoms with Crippen molar-refractivity contribution < 1.29 is 13.6 Å². The molecule has 2 aromatic carbocycles. The third-order valence-electron chi connectivity index (χ3n) is 5.67. The van der Waals surface area contributed by atoms with Crippen LogP contribution >= 0.6 is 11.3 Å². The first-order valence-corrected chi connectivity index (χ1v) is 10.8. The molecule has 0 radical (unpaired) electrons. The Balaban J connectivity index is 1.39. The van der Waals surface area contributed by atoms with Crippen LogP contribution in [-0.2, 0) is 17.6 Å². The van der Waals surface area contributed by atoms with Crippen molar-refractivity contribution in [1.29, 1.82) is 0 Å². The summed E-state index contributed by atoms with van der Waals surface area (Å²) in [6, 6.07) is 14.0. The maximum absolute atomic E-state index is 14.2. The maximum Gasteiger partial charge on any atom is 0.230 e. The van der Waals surface area contributed by atoms with E-state index < -0.39 is 11.9 Å². The van der Waals surface area contributed by atoms with E-state index in [9.17, 15) is 9.18 Å². The summed E-state index contributed by atoms with van der Waals surface area (Å²) >= 11 is 1.53. The van der Waals surface area contributed by atoms with E-state index in [1.54, 1.807) is 29.4 Å². The molecule has 31 heavy (non-hydrogen) atoms. The molecule has 0 saturated heterocycles. The largest absolute Gasteiger partial charge is 0.455 e. The number of aromatic amines is 1. The first-order valence-electron chi connectivity index (χ1n) is 10.0. The average molecular weight is 432 g/mol. The molecule has 6 nitrogen and oxygen atoms in total. The van der Waals surface area contributed by atoms with Crippen molar-refractivity contribution in [2.75, 3.05) is 6.54 Å². The second-order valence-corrected chi connectivity index (χ2v) is 8.68. The van der Waals surface area contributed by atoms with Crippen molar-refractivity contribution >= 4 is 38.4 Å². The third kappa shape index (κ3) is 3.02. The minimum atomic E-state index is -0.510. The lowest BCUT2D eigenvalue weighted by atomic mass is 9.99. The van der Waals surface area contributed by atoms with E-state index in [1.807, 2.05) is 24.3 Å². The highest BCUT2D eigenvalue weighted by atomic mass is 32.1. The molecule has 0 spiro atoms. The Bertz CT molecular complexity index is 1400. The SMILES string of the molecule is O=C(Cc1nc2ccccc2s1)N1CCc2[nH]cnc2[C@H]1c1cc2cccc(F)c2o1. The summed E-state index contributed by atoms with van der Waals surface area (Å²) in [5.41, 5.74) is 2.80. The Morgan fingerprint density at radius 1 is 1.26 bits per heavy atom. The standard InChI is InChI=1S/C23H17FN4O2S/c24-14-5-3-4-13-10-17(30-23(13)14)22-21-16(25-12-26-21)8-9-28(22)20(29)11-19-27-15-6-1-2-7-18(15)31-19/h1-7,10,12,22H,8-9,11H2,(H,25,26)/t22-/m1/s1. The molecule has 5 aromatic rings. The number of H-pyrrole nitrogens is 1. The molecule has 1 aliphatic rings. The van der Waals surface area contributed by atoms with Gasteiger partial charge in [0.05, 0.1) is 28.7 Å². The van der Waals surface area contributed by atoms with E-state index in [-0.39, 0.29) is 17.9 Å². The second kappa shape index (κ2) is 7.02. The molecule has 154 valence electrons. The molecular weight excluding hydrogens is 415 g/mol. The Morgan fingerprint density at radius 3 is 3.03 bits per heavy atom. The fourth-order valence-electron chi connectivity index (χ4n) is 4.24. The van der Waals surface area contributed by atoms with Gasteiger partial charge in [-0.25, -0.2) is 14.4 Å². The monoisotopic (exact) mass is 432 g/mol. The summed E-state index contributed by atoms with van der Waals surface area (Å²) in [5, 5.41) is 1.43. The molecule has 6 rings (SSSR count). The van der Waals surface area contributed by atoms with Gasteiger partial charge in [0, 0.05) is 24.0 Å². The van der Waals surface area contributed by atoms with Gasteiger partial charge in [-0.05, 0) is 24.3 Å². The van der Waals surface area contributed by atoms with Gasteiger partial charge >= 0.3 is 0 Å². The highest BCUT2D eigenvalue weighted by Crippen LogP contribution is 2.37. The van der Waals surface area contributed by atoms with E-state index in [0.29, 0.717) is 24.1 Å². The number of halogens is 1. The predicted molar refractivity (Wildman–Crippen MR) is 115 cm³/mol. The summed E-state index contributed by atoms with van der Waals surface area (Å²) in [7, 11) is 0. The number of carbonyl (C=O) groups is 1. The van der Waals surface area contributed by atoms with Crippen LogP contribution in [0.2, 0.25) is 0 Å². The lowest BCUT2D eigenvalue weighted by molar-refractivity contribution is -0.133. The number of nitrogens with one attached hydrogen (secondary N) is 1. The number of amides is 1. The Hall–Kier alpha value is -3.52. The summed E-state index contributed by atoms with van der Waals surface area (Å²) < 4.78 is 21.2. The van der Waals surface area contributed by atoms with Gasteiger partial charge in [0.25, 0.3) is 0 Å². The van der Waals surface area contributed by atoms with Gasteiger partial charge < -0.3 is 14.3 Å². The topological polar surface area (TPSA) is 75.0 Å². The smallest absolute Gasteiger partial charge is 0.230 e. The Kier molecular flexibility index (Phi) is 4.14. The fourth-order valence-corrected chi connectivity index (χ4v) is 5.20. The van der Waals surface area contributed by atoms with Crippen LogP contribution in [0.25, 0.3) is 21.2 Å². The van der Waals surface area contributed by atoms with Crippen LogP contribution in [0, 0.1) is 5.82 Å². The van der Waals surface area contributed by atoms with Gasteiger partial charge in [-0.1, -0.05) is 24.3 Å². The fraction of sp³-hybridized carbons (Fsp3) is 0.174. The van der Waals surface area contributed by atoms with E-state index in [0.717, 1.165) is 26.6 Å². The number of carbonyl (C=O) groups excluding carboxylic acids is 1. The van der Waals surface area contributed by atoms with Crippen LogP contribution in [-0.4, -0.2) is 32.3 Å². The van der Waals surface area contributed by atoms with Gasteiger partial charge in [0.2, 0.25) is 5.91 Å². The van der Waals surface area contributed by atoms with Crippen molar-refractivity contribution in [2.45, 2.75) is 18.9 Å². The molecule has 1 amide bonds. The molecule has 1 atom stereocenters. The van der Waals surface area contributed by atoms with Gasteiger partial charge in [-0.15, -0.1) is 11.3 Å². The molecule has 0 bridgehead atoms. The number of para-hydroxylation sites is 2. The predicted octanol–water partition coefficient (Wildman–Crippen LogP) is 4.62. The Morgan fingerprint density at radius 2 is 2.16 bits per heavy atom. The normalized spacial score (nSPS) is 16.2. The van der Waals surface area contributed by atoms with Crippen molar-refractivity contribution in [1.82, 2.24) is 19.9 Å². The molecule has 1 N–H and O–H groups in total. The van der Waals surface area contributed by atoms with Crippen LogP contribution in [0.1, 0.15) is 28.2 Å². The zero-order chi connectivity index (χ0) is 20.9. The lowest BCUT2D eigenvalue weighted by Crippen LogP contribution is -2.41. The number of aromatic nitrogens is 3. The van der Waals surface area contributed by atoms with E-state index in [2.05, 4.69) is 15.0 Å². The number of furan rings is 1. The van der Waals surface area contributed by atoms with E-state index in [4.69, 9.17) is 4.42 Å². The summed E-state index contributed by atoms with van der Waals surface area (Å²) in [5.74, 6) is 0.0265. The minimum absolute atomic E-state index is 0.0568. The van der Waals surface area contributed by atoms with Gasteiger partial charge in [-0.2, -0.15) is 0 Å². The van der Waals surface area contributed by atoms with E-state index in [1.165, 1.54) is 17.4 Å².